The number of rotatable bonds is 7. The first kappa shape index (κ1) is 18.7. The second-order valence-corrected chi connectivity index (χ2v) is 4.50. The van der Waals surface area contributed by atoms with Gasteiger partial charge in [0.25, 0.3) is 0 Å². The van der Waals surface area contributed by atoms with Gasteiger partial charge in [-0.05, 0) is 25.5 Å². The predicted molar refractivity (Wildman–Crippen MR) is 79.7 cm³/mol. The Morgan fingerprint density at radius 3 is 2.80 bits per heavy atom. The third-order valence-corrected chi connectivity index (χ3v) is 3.00. The molecule has 0 aliphatic rings. The van der Waals surface area contributed by atoms with Crippen LogP contribution in [0.2, 0.25) is 0 Å². The molecular weight excluding hydrogens is 283 g/mol. The maximum absolute atomic E-state index is 12.9. The highest BCUT2D eigenvalue weighted by atomic mass is 35.5. The van der Waals surface area contributed by atoms with Crippen molar-refractivity contribution in [3.05, 3.63) is 30.1 Å². The summed E-state index contributed by atoms with van der Waals surface area (Å²) in [5.41, 5.74) is 5.50. The zero-order valence-electron chi connectivity index (χ0n) is 11.8. The summed E-state index contributed by atoms with van der Waals surface area (Å²) in [4.78, 5) is 13.4. The maximum atomic E-state index is 12.9. The number of hydrogen-bond acceptors (Lipinski definition) is 3. The number of likely N-dealkylation sites (N-methyl/N-ethyl adjacent to an activating group) is 1. The van der Waals surface area contributed by atoms with E-state index in [9.17, 15) is 9.18 Å². The number of carbonyl (C=O) groups is 1. The molecule has 20 heavy (non-hydrogen) atoms. The summed E-state index contributed by atoms with van der Waals surface area (Å²) >= 11 is 0. The van der Waals surface area contributed by atoms with Gasteiger partial charge in [0.05, 0.1) is 6.61 Å². The number of hydrogen-bond donors (Lipinski definition) is 1. The summed E-state index contributed by atoms with van der Waals surface area (Å²) in [7, 11) is 1.74. The number of carbonyl (C=O) groups excluding carboxylic acids is 1. The Kier molecular flexibility index (Phi) is 8.92. The first-order valence-electron chi connectivity index (χ1n) is 6.38. The Labute approximate surface area is 125 Å². The molecule has 114 valence electrons. The van der Waals surface area contributed by atoms with Crippen LogP contribution in [0.1, 0.15) is 19.8 Å². The fourth-order valence-corrected chi connectivity index (χ4v) is 1.55. The first-order chi connectivity index (χ1) is 9.04. The molecule has 0 bridgehead atoms. The smallest absolute Gasteiger partial charge is 0.222 e. The fourth-order valence-electron chi connectivity index (χ4n) is 1.55. The van der Waals surface area contributed by atoms with Gasteiger partial charge in [0.15, 0.2) is 0 Å². The Hall–Kier alpha value is -1.33. The molecule has 4 nitrogen and oxygen atoms in total. The van der Waals surface area contributed by atoms with Crippen molar-refractivity contribution in [2.24, 2.45) is 5.73 Å². The first-order valence-corrected chi connectivity index (χ1v) is 6.38. The third kappa shape index (κ3) is 6.21. The van der Waals surface area contributed by atoms with Gasteiger partial charge in [0.1, 0.15) is 11.6 Å². The van der Waals surface area contributed by atoms with Gasteiger partial charge in [-0.2, -0.15) is 0 Å². The van der Waals surface area contributed by atoms with Crippen LogP contribution in [0, 0.1) is 5.82 Å². The van der Waals surface area contributed by atoms with Crippen LogP contribution in [0.5, 0.6) is 5.75 Å². The minimum Gasteiger partial charge on any atom is -0.493 e. The van der Waals surface area contributed by atoms with Crippen LogP contribution in [0.3, 0.4) is 0 Å². The van der Waals surface area contributed by atoms with Gasteiger partial charge in [0.2, 0.25) is 5.91 Å². The number of ether oxygens (including phenoxy) is 1. The van der Waals surface area contributed by atoms with Crippen LogP contribution in [0.25, 0.3) is 0 Å². The van der Waals surface area contributed by atoms with Crippen molar-refractivity contribution in [1.29, 1.82) is 0 Å². The zero-order chi connectivity index (χ0) is 14.3. The normalized spacial score (nSPS) is 11.4. The second kappa shape index (κ2) is 9.55. The summed E-state index contributed by atoms with van der Waals surface area (Å²) < 4.78 is 18.3. The molecular formula is C14H22ClFN2O2. The molecule has 0 aliphatic carbocycles. The highest BCUT2D eigenvalue weighted by Crippen LogP contribution is 2.12. The van der Waals surface area contributed by atoms with E-state index in [4.69, 9.17) is 10.5 Å². The summed E-state index contributed by atoms with van der Waals surface area (Å²) in [6.07, 6.45) is 0.993. The lowest BCUT2D eigenvalue weighted by atomic mass is 10.2. The van der Waals surface area contributed by atoms with Gasteiger partial charge in [-0.3, -0.25) is 4.79 Å². The Morgan fingerprint density at radius 1 is 1.50 bits per heavy atom. The van der Waals surface area contributed by atoms with E-state index < -0.39 is 0 Å². The maximum Gasteiger partial charge on any atom is 0.222 e. The van der Waals surface area contributed by atoms with E-state index in [1.165, 1.54) is 12.1 Å². The van der Waals surface area contributed by atoms with E-state index in [0.717, 1.165) is 0 Å². The van der Waals surface area contributed by atoms with Crippen molar-refractivity contribution in [2.45, 2.75) is 25.8 Å². The van der Waals surface area contributed by atoms with Crippen molar-refractivity contribution in [1.82, 2.24) is 4.90 Å². The number of benzene rings is 1. The molecule has 0 spiro atoms. The molecule has 0 saturated carbocycles. The number of nitrogens with two attached hydrogens (primary N) is 1. The summed E-state index contributed by atoms with van der Waals surface area (Å²) in [5.74, 6) is 0.196. The molecule has 6 heteroatoms. The molecule has 0 heterocycles. The van der Waals surface area contributed by atoms with Crippen LogP contribution in [0.15, 0.2) is 24.3 Å². The fraction of sp³-hybridized carbons (Fsp3) is 0.500. The quantitative estimate of drug-likeness (QED) is 0.786. The van der Waals surface area contributed by atoms with Gasteiger partial charge in [0, 0.05) is 32.1 Å². The van der Waals surface area contributed by atoms with E-state index in [1.807, 2.05) is 6.92 Å². The molecule has 1 aromatic carbocycles. The van der Waals surface area contributed by atoms with Crippen LogP contribution in [0.4, 0.5) is 4.39 Å². The molecule has 1 unspecified atom stereocenters. The van der Waals surface area contributed by atoms with Crippen molar-refractivity contribution >= 4 is 18.3 Å². The van der Waals surface area contributed by atoms with Crippen molar-refractivity contribution in [3.63, 3.8) is 0 Å². The summed E-state index contributed by atoms with van der Waals surface area (Å²) in [6, 6.07) is 6.00. The van der Waals surface area contributed by atoms with Crippen LogP contribution >= 0.6 is 12.4 Å². The zero-order valence-corrected chi connectivity index (χ0v) is 12.7. The topological polar surface area (TPSA) is 55.6 Å². The van der Waals surface area contributed by atoms with E-state index in [1.54, 1.807) is 24.1 Å². The lowest BCUT2D eigenvalue weighted by Crippen LogP contribution is -2.39. The molecule has 1 aromatic rings. The molecule has 0 aliphatic heterocycles. The Morgan fingerprint density at radius 2 is 2.20 bits per heavy atom. The molecule has 1 rings (SSSR count). The van der Waals surface area contributed by atoms with Crippen LogP contribution in [-0.2, 0) is 4.79 Å². The van der Waals surface area contributed by atoms with E-state index in [2.05, 4.69) is 0 Å². The predicted octanol–water partition coefficient (Wildman–Crippen LogP) is 2.21. The molecule has 0 aromatic heterocycles. The SMILES string of the molecule is CC(CN)N(C)C(=O)CCCOc1cccc(F)c1.Cl. The summed E-state index contributed by atoms with van der Waals surface area (Å²) in [6.45, 7) is 2.74. The van der Waals surface area contributed by atoms with Crippen molar-refractivity contribution < 1.29 is 13.9 Å². The standard InChI is InChI=1S/C14H21FN2O2.ClH/c1-11(10-16)17(2)14(18)7-4-8-19-13-6-3-5-12(15)9-13;/h3,5-6,9,11H,4,7-8,10,16H2,1-2H3;1H. The minimum atomic E-state index is -0.329. The number of amides is 1. The number of halogens is 2. The van der Waals surface area contributed by atoms with Crippen LogP contribution in [-0.4, -0.2) is 37.0 Å². The van der Waals surface area contributed by atoms with Gasteiger partial charge in [-0.25, -0.2) is 4.39 Å². The number of nitrogens with zero attached hydrogens (tertiary/aromatic N) is 1. The molecule has 1 atom stereocenters. The highest BCUT2D eigenvalue weighted by Gasteiger charge is 2.13. The lowest BCUT2D eigenvalue weighted by Gasteiger charge is -2.23. The van der Waals surface area contributed by atoms with Gasteiger partial charge in [-0.1, -0.05) is 6.07 Å². The Balaban J connectivity index is 0.00000361. The second-order valence-electron chi connectivity index (χ2n) is 4.50. The molecule has 1 amide bonds. The monoisotopic (exact) mass is 304 g/mol. The Bertz CT molecular complexity index is 418. The molecule has 0 fully saturated rings. The molecule has 0 saturated heterocycles. The van der Waals surface area contributed by atoms with Gasteiger partial charge < -0.3 is 15.4 Å². The van der Waals surface area contributed by atoms with Crippen molar-refractivity contribution in [3.8, 4) is 5.75 Å². The largest absolute Gasteiger partial charge is 0.493 e. The average Bonchev–Trinajstić information content (AvgIpc) is 2.41. The van der Waals surface area contributed by atoms with E-state index >= 15 is 0 Å². The highest BCUT2D eigenvalue weighted by molar-refractivity contribution is 5.85. The summed E-state index contributed by atoms with van der Waals surface area (Å²) in [5, 5.41) is 0. The molecule has 2 N–H and O–H groups in total. The third-order valence-electron chi connectivity index (χ3n) is 3.00. The van der Waals surface area contributed by atoms with E-state index in [-0.39, 0.29) is 30.2 Å². The minimum absolute atomic E-state index is 0. The van der Waals surface area contributed by atoms with Crippen molar-refractivity contribution in [2.75, 3.05) is 20.2 Å². The average molecular weight is 305 g/mol. The molecule has 0 radical (unpaired) electrons. The van der Waals surface area contributed by atoms with Crippen LogP contribution < -0.4 is 10.5 Å². The van der Waals surface area contributed by atoms with E-state index in [0.29, 0.717) is 31.7 Å². The lowest BCUT2D eigenvalue weighted by molar-refractivity contribution is -0.131. The van der Waals surface area contributed by atoms with Gasteiger partial charge in [-0.15, -0.1) is 12.4 Å². The van der Waals surface area contributed by atoms with Gasteiger partial charge >= 0.3 is 0 Å².